The van der Waals surface area contributed by atoms with Gasteiger partial charge in [0, 0.05) is 24.8 Å². The lowest BCUT2D eigenvalue weighted by atomic mass is 10.1. The van der Waals surface area contributed by atoms with Crippen LogP contribution >= 0.6 is 0 Å². The molecule has 10 heteroatoms. The van der Waals surface area contributed by atoms with Gasteiger partial charge in [-0.2, -0.15) is 5.10 Å². The Balaban J connectivity index is 1.63. The molecule has 30 heavy (non-hydrogen) atoms. The van der Waals surface area contributed by atoms with Gasteiger partial charge in [-0.1, -0.05) is 0 Å². The van der Waals surface area contributed by atoms with Crippen molar-refractivity contribution < 1.29 is 13.2 Å². The summed E-state index contributed by atoms with van der Waals surface area (Å²) in [5, 5.41) is 7.52. The predicted octanol–water partition coefficient (Wildman–Crippen LogP) is 2.29. The maximum absolute atomic E-state index is 12.7. The highest BCUT2D eigenvalue weighted by molar-refractivity contribution is 7.89. The molecule has 0 amide bonds. The highest BCUT2D eigenvalue weighted by atomic mass is 32.2. The van der Waals surface area contributed by atoms with Crippen LogP contribution < -0.4 is 14.8 Å². The van der Waals surface area contributed by atoms with Crippen LogP contribution in [0.3, 0.4) is 0 Å². The first-order valence-electron chi connectivity index (χ1n) is 9.46. The van der Waals surface area contributed by atoms with Crippen LogP contribution in [-0.4, -0.2) is 48.4 Å². The van der Waals surface area contributed by atoms with E-state index >= 15 is 0 Å². The van der Waals surface area contributed by atoms with E-state index in [-0.39, 0.29) is 11.4 Å². The molecule has 0 radical (unpaired) electrons. The Kier molecular flexibility index (Phi) is 6.37. The zero-order valence-corrected chi connectivity index (χ0v) is 18.5. The molecule has 0 saturated carbocycles. The number of ether oxygens (including phenoxy) is 1. The van der Waals surface area contributed by atoms with Crippen LogP contribution in [0.25, 0.3) is 5.82 Å². The van der Waals surface area contributed by atoms with Crippen LogP contribution in [0.5, 0.6) is 5.75 Å². The molecule has 0 aliphatic heterocycles. The Labute approximate surface area is 176 Å². The van der Waals surface area contributed by atoms with E-state index in [9.17, 15) is 8.42 Å². The van der Waals surface area contributed by atoms with Gasteiger partial charge >= 0.3 is 0 Å². The summed E-state index contributed by atoms with van der Waals surface area (Å²) in [6.45, 7) is 8.04. The number of rotatable bonds is 8. The molecule has 2 N–H and O–H groups in total. The lowest BCUT2D eigenvalue weighted by Crippen LogP contribution is -2.29. The number of hydrogen-bond donors (Lipinski definition) is 2. The Hall–Kier alpha value is -2.98. The number of aromatic nitrogens is 4. The average molecular weight is 431 g/mol. The van der Waals surface area contributed by atoms with Crippen LogP contribution in [-0.2, 0) is 10.0 Å². The maximum Gasteiger partial charge on any atom is 0.240 e. The van der Waals surface area contributed by atoms with Gasteiger partial charge in [0.2, 0.25) is 10.0 Å². The van der Waals surface area contributed by atoms with E-state index in [1.54, 1.807) is 36.9 Å². The maximum atomic E-state index is 12.7. The minimum atomic E-state index is -3.64. The second-order valence-electron chi connectivity index (χ2n) is 6.94. The molecule has 9 nitrogen and oxygen atoms in total. The molecule has 0 fully saturated rings. The number of nitrogens with zero attached hydrogens (tertiary/aromatic N) is 4. The molecule has 1 aromatic carbocycles. The van der Waals surface area contributed by atoms with Gasteiger partial charge in [0.05, 0.1) is 17.7 Å². The van der Waals surface area contributed by atoms with Crippen molar-refractivity contribution in [2.24, 2.45) is 0 Å². The molecule has 0 bridgehead atoms. The predicted molar refractivity (Wildman–Crippen MR) is 115 cm³/mol. The van der Waals surface area contributed by atoms with Gasteiger partial charge in [-0.05, 0) is 57.0 Å². The molecule has 2 aromatic heterocycles. The van der Waals surface area contributed by atoms with Gasteiger partial charge in [-0.25, -0.2) is 27.8 Å². The largest absolute Gasteiger partial charge is 0.496 e. The average Bonchev–Trinajstić information content (AvgIpc) is 3.05. The summed E-state index contributed by atoms with van der Waals surface area (Å²) >= 11 is 0. The van der Waals surface area contributed by atoms with Crippen molar-refractivity contribution in [3.05, 3.63) is 53.1 Å². The van der Waals surface area contributed by atoms with E-state index in [4.69, 9.17) is 4.74 Å². The summed E-state index contributed by atoms with van der Waals surface area (Å²) in [6, 6.07) is 6.95. The van der Waals surface area contributed by atoms with Crippen molar-refractivity contribution in [3.63, 3.8) is 0 Å². The molecule has 3 rings (SSSR count). The van der Waals surface area contributed by atoms with Gasteiger partial charge in [-0.3, -0.25) is 0 Å². The molecule has 0 saturated heterocycles. The van der Waals surface area contributed by atoms with Gasteiger partial charge in [0.25, 0.3) is 0 Å². The Morgan fingerprint density at radius 3 is 2.47 bits per heavy atom. The third kappa shape index (κ3) is 4.60. The number of nitrogens with one attached hydrogen (secondary N) is 2. The lowest BCUT2D eigenvalue weighted by Gasteiger charge is -2.14. The summed E-state index contributed by atoms with van der Waals surface area (Å²) in [4.78, 5) is 8.68. The molecule has 0 aliphatic rings. The number of anilines is 1. The van der Waals surface area contributed by atoms with E-state index in [2.05, 4.69) is 25.1 Å². The first kappa shape index (κ1) is 21.7. The summed E-state index contributed by atoms with van der Waals surface area (Å²) in [5.74, 6) is 1.89. The van der Waals surface area contributed by atoms with Crippen molar-refractivity contribution in [2.45, 2.75) is 32.6 Å². The smallest absolute Gasteiger partial charge is 0.240 e. The van der Waals surface area contributed by atoms with Crippen LogP contribution in [0.15, 0.2) is 35.5 Å². The zero-order chi connectivity index (χ0) is 21.9. The molecule has 3 aromatic rings. The molecular formula is C20H26N6O3S. The monoisotopic (exact) mass is 430 g/mol. The van der Waals surface area contributed by atoms with Crippen LogP contribution in [0.4, 0.5) is 5.82 Å². The molecule has 0 unspecified atom stereocenters. The third-order valence-electron chi connectivity index (χ3n) is 4.80. The minimum absolute atomic E-state index is 0.200. The van der Waals surface area contributed by atoms with Gasteiger partial charge in [0.15, 0.2) is 5.82 Å². The number of aryl methyl sites for hydroxylation is 2. The van der Waals surface area contributed by atoms with Crippen molar-refractivity contribution in [2.75, 3.05) is 25.5 Å². The second kappa shape index (κ2) is 8.80. The SMILES string of the molecule is COc1ccc(S(=O)(=O)NCCNc2cc(-n3nc(C)cc3C)ncn2)c(C)c1C. The lowest BCUT2D eigenvalue weighted by molar-refractivity contribution is 0.410. The second-order valence-corrected chi connectivity index (χ2v) is 8.68. The van der Waals surface area contributed by atoms with E-state index in [0.717, 1.165) is 17.0 Å². The molecule has 0 aliphatic carbocycles. The fourth-order valence-corrected chi connectivity index (χ4v) is 4.49. The Bertz CT molecular complexity index is 1160. The highest BCUT2D eigenvalue weighted by Gasteiger charge is 2.19. The molecule has 160 valence electrons. The Morgan fingerprint density at radius 1 is 1.03 bits per heavy atom. The van der Waals surface area contributed by atoms with Gasteiger partial charge in [0.1, 0.15) is 17.9 Å². The Morgan fingerprint density at radius 2 is 1.80 bits per heavy atom. The number of hydrogen-bond acceptors (Lipinski definition) is 7. The van der Waals surface area contributed by atoms with Crippen molar-refractivity contribution in [3.8, 4) is 11.6 Å². The normalized spacial score (nSPS) is 11.5. The van der Waals surface area contributed by atoms with Crippen molar-refractivity contribution in [1.29, 1.82) is 0 Å². The van der Waals surface area contributed by atoms with Gasteiger partial charge in [-0.15, -0.1) is 0 Å². The summed E-state index contributed by atoms with van der Waals surface area (Å²) in [5.41, 5.74) is 3.34. The number of benzene rings is 1. The van der Waals surface area contributed by atoms with E-state index in [1.807, 2.05) is 26.8 Å². The molecule has 0 atom stereocenters. The fraction of sp³-hybridized carbons (Fsp3) is 0.350. The van der Waals surface area contributed by atoms with E-state index in [1.165, 1.54) is 6.33 Å². The first-order chi connectivity index (χ1) is 14.2. The van der Waals surface area contributed by atoms with Crippen LogP contribution in [0.2, 0.25) is 0 Å². The number of sulfonamides is 1. The van der Waals surface area contributed by atoms with Gasteiger partial charge < -0.3 is 10.1 Å². The first-order valence-corrected chi connectivity index (χ1v) is 10.9. The minimum Gasteiger partial charge on any atom is -0.496 e. The topological polar surface area (TPSA) is 111 Å². The number of methoxy groups -OCH3 is 1. The quantitative estimate of drug-likeness (QED) is 0.528. The van der Waals surface area contributed by atoms with Crippen molar-refractivity contribution >= 4 is 15.8 Å². The molecule has 0 spiro atoms. The van der Waals surface area contributed by atoms with Crippen LogP contribution in [0, 0.1) is 27.7 Å². The fourth-order valence-electron chi connectivity index (χ4n) is 3.16. The molecular weight excluding hydrogens is 404 g/mol. The summed E-state index contributed by atoms with van der Waals surface area (Å²) < 4.78 is 35.0. The van der Waals surface area contributed by atoms with Crippen molar-refractivity contribution in [1.82, 2.24) is 24.5 Å². The standard InChI is InChI=1S/C20H26N6O3S/c1-13-10-14(2)26(25-13)20-11-19(22-12-23-20)21-8-9-24-30(27,28)18-7-6-17(29-5)15(3)16(18)4/h6-7,10-12,24H,8-9H2,1-5H3,(H,21,22,23). The summed E-state index contributed by atoms with van der Waals surface area (Å²) in [6.07, 6.45) is 1.45. The third-order valence-corrected chi connectivity index (χ3v) is 6.41. The van der Waals surface area contributed by atoms with E-state index in [0.29, 0.717) is 29.5 Å². The van der Waals surface area contributed by atoms with Crippen LogP contribution in [0.1, 0.15) is 22.5 Å². The molecule has 2 heterocycles. The van der Waals surface area contributed by atoms with E-state index < -0.39 is 10.0 Å². The zero-order valence-electron chi connectivity index (χ0n) is 17.7. The highest BCUT2D eigenvalue weighted by Crippen LogP contribution is 2.26. The summed E-state index contributed by atoms with van der Waals surface area (Å²) in [7, 11) is -2.08.